The molecule has 0 saturated carbocycles. The van der Waals surface area contributed by atoms with Crippen molar-refractivity contribution in [2.75, 3.05) is 28.6 Å². The quantitative estimate of drug-likeness (QED) is 0.722. The minimum atomic E-state index is -0.275. The number of benzene rings is 2. The summed E-state index contributed by atoms with van der Waals surface area (Å²) in [5.41, 5.74) is 2.13. The molecule has 1 aliphatic heterocycles. The maximum Gasteiger partial charge on any atom is 0.231 e. The van der Waals surface area contributed by atoms with Gasteiger partial charge in [-0.3, -0.25) is 9.59 Å². The van der Waals surface area contributed by atoms with E-state index in [1.165, 1.54) is 30.4 Å². The lowest BCUT2D eigenvalue weighted by molar-refractivity contribution is -0.120. The maximum atomic E-state index is 13.3. The highest BCUT2D eigenvalue weighted by Crippen LogP contribution is 2.33. The Morgan fingerprint density at radius 1 is 1.11 bits per heavy atom. The molecule has 0 unspecified atom stereocenters. The highest BCUT2D eigenvalue weighted by molar-refractivity contribution is 7.22. The Morgan fingerprint density at radius 3 is 2.44 bits per heavy atom. The zero-order chi connectivity index (χ0) is 19.0. The molecule has 2 amide bonds. The zero-order valence-electron chi connectivity index (χ0n) is 14.5. The summed E-state index contributed by atoms with van der Waals surface area (Å²) in [6, 6.07) is 11.5. The molecular weight excluding hydrogens is 367 g/mol. The molecule has 1 aromatic heterocycles. The predicted octanol–water partition coefficient (Wildman–Crippen LogP) is 3.47. The molecule has 2 aromatic carbocycles. The Hall–Kier alpha value is -3.00. The number of rotatable bonds is 4. The number of halogens is 1. The highest BCUT2D eigenvalue weighted by atomic mass is 32.1. The van der Waals surface area contributed by atoms with Gasteiger partial charge in [-0.25, -0.2) is 9.37 Å². The summed E-state index contributed by atoms with van der Waals surface area (Å²) in [7, 11) is 0. The van der Waals surface area contributed by atoms with Gasteiger partial charge < -0.3 is 15.5 Å². The van der Waals surface area contributed by atoms with Crippen molar-refractivity contribution in [1.29, 1.82) is 0 Å². The number of nitrogens with one attached hydrogen (secondary N) is 2. The van der Waals surface area contributed by atoms with Crippen molar-refractivity contribution in [3.05, 3.63) is 48.3 Å². The second kappa shape index (κ2) is 6.96. The van der Waals surface area contributed by atoms with Crippen molar-refractivity contribution in [2.45, 2.75) is 6.92 Å². The lowest BCUT2D eigenvalue weighted by Crippen LogP contribution is -2.52. The Bertz CT molecular complexity index is 1010. The van der Waals surface area contributed by atoms with Crippen molar-refractivity contribution in [2.24, 2.45) is 5.92 Å². The second-order valence-corrected chi connectivity index (χ2v) is 7.47. The van der Waals surface area contributed by atoms with Crippen LogP contribution in [0.5, 0.6) is 0 Å². The van der Waals surface area contributed by atoms with Crippen LogP contribution in [0.4, 0.5) is 20.9 Å². The smallest absolute Gasteiger partial charge is 0.231 e. The van der Waals surface area contributed by atoms with Gasteiger partial charge in [-0.05, 0) is 42.5 Å². The van der Waals surface area contributed by atoms with Gasteiger partial charge in [0, 0.05) is 31.4 Å². The Balaban J connectivity index is 1.34. The van der Waals surface area contributed by atoms with Crippen LogP contribution < -0.4 is 15.5 Å². The Morgan fingerprint density at radius 2 is 1.78 bits per heavy atom. The third-order valence-corrected chi connectivity index (χ3v) is 5.41. The minimum absolute atomic E-state index is 0.0503. The van der Waals surface area contributed by atoms with E-state index in [0.29, 0.717) is 24.5 Å². The average molecular weight is 384 g/mol. The predicted molar refractivity (Wildman–Crippen MR) is 105 cm³/mol. The normalized spacial score (nSPS) is 14.1. The van der Waals surface area contributed by atoms with E-state index >= 15 is 0 Å². The molecule has 2 N–H and O–H groups in total. The summed E-state index contributed by atoms with van der Waals surface area (Å²) in [5.74, 6) is -0.587. The van der Waals surface area contributed by atoms with Gasteiger partial charge >= 0.3 is 0 Å². The molecule has 4 rings (SSSR count). The van der Waals surface area contributed by atoms with Crippen LogP contribution in [-0.4, -0.2) is 29.9 Å². The summed E-state index contributed by atoms with van der Waals surface area (Å²) >= 11 is 1.43. The lowest BCUT2D eigenvalue weighted by Gasteiger charge is -2.37. The fourth-order valence-electron chi connectivity index (χ4n) is 2.91. The number of carbonyl (C=O) groups is 2. The molecular formula is C19H17FN4O2S. The van der Waals surface area contributed by atoms with E-state index in [2.05, 4.69) is 15.6 Å². The van der Waals surface area contributed by atoms with Crippen LogP contribution in [-0.2, 0) is 9.59 Å². The molecule has 6 nitrogen and oxygen atoms in total. The number of thiazole rings is 1. The maximum absolute atomic E-state index is 13.3. The molecule has 1 aliphatic rings. The third kappa shape index (κ3) is 3.75. The summed E-state index contributed by atoms with van der Waals surface area (Å²) in [5, 5.41) is 6.37. The molecule has 2 heterocycles. The van der Waals surface area contributed by atoms with Crippen LogP contribution in [0, 0.1) is 11.7 Å². The molecule has 0 aliphatic carbocycles. The van der Waals surface area contributed by atoms with Gasteiger partial charge in [-0.1, -0.05) is 11.3 Å². The van der Waals surface area contributed by atoms with Gasteiger partial charge in [0.05, 0.1) is 16.1 Å². The number of anilines is 3. The van der Waals surface area contributed by atoms with Gasteiger partial charge in [0.2, 0.25) is 11.8 Å². The van der Waals surface area contributed by atoms with E-state index in [-0.39, 0.29) is 23.5 Å². The molecule has 0 bridgehead atoms. The fraction of sp³-hybridized carbons (Fsp3) is 0.211. The van der Waals surface area contributed by atoms with Crippen LogP contribution in [0.15, 0.2) is 42.5 Å². The van der Waals surface area contributed by atoms with Crippen molar-refractivity contribution < 1.29 is 14.0 Å². The van der Waals surface area contributed by atoms with E-state index in [4.69, 9.17) is 0 Å². The van der Waals surface area contributed by atoms with Gasteiger partial charge in [0.1, 0.15) is 5.82 Å². The summed E-state index contributed by atoms with van der Waals surface area (Å²) in [6.45, 7) is 2.61. The third-order valence-electron chi connectivity index (χ3n) is 4.33. The van der Waals surface area contributed by atoms with Gasteiger partial charge in [0.25, 0.3) is 0 Å². The van der Waals surface area contributed by atoms with Crippen molar-refractivity contribution in [3.8, 4) is 0 Å². The van der Waals surface area contributed by atoms with E-state index in [9.17, 15) is 14.0 Å². The number of hydrogen-bond donors (Lipinski definition) is 2. The minimum Gasteiger partial charge on any atom is -0.346 e. The first-order valence-corrected chi connectivity index (χ1v) is 9.29. The zero-order valence-corrected chi connectivity index (χ0v) is 15.3. The Labute approximate surface area is 159 Å². The van der Waals surface area contributed by atoms with Crippen molar-refractivity contribution >= 4 is 49.9 Å². The van der Waals surface area contributed by atoms with Crippen molar-refractivity contribution in [3.63, 3.8) is 0 Å². The lowest BCUT2D eigenvalue weighted by atomic mass is 10.00. The first kappa shape index (κ1) is 17.4. The number of nitrogens with zero attached hydrogens (tertiary/aromatic N) is 2. The first-order chi connectivity index (χ1) is 13.0. The van der Waals surface area contributed by atoms with Crippen molar-refractivity contribution in [1.82, 2.24) is 4.98 Å². The van der Waals surface area contributed by atoms with Gasteiger partial charge in [0.15, 0.2) is 5.13 Å². The largest absolute Gasteiger partial charge is 0.346 e. The van der Waals surface area contributed by atoms with E-state index < -0.39 is 0 Å². The molecule has 0 spiro atoms. The number of aromatic nitrogens is 1. The molecule has 1 fully saturated rings. The summed E-state index contributed by atoms with van der Waals surface area (Å²) < 4.78 is 14.1. The summed E-state index contributed by atoms with van der Waals surface area (Å²) in [4.78, 5) is 29.9. The van der Waals surface area contributed by atoms with E-state index in [0.717, 1.165) is 15.3 Å². The van der Waals surface area contributed by atoms with Gasteiger partial charge in [-0.15, -0.1) is 0 Å². The van der Waals surface area contributed by atoms with Crippen LogP contribution >= 0.6 is 11.3 Å². The van der Waals surface area contributed by atoms with Crippen LogP contribution in [0.3, 0.4) is 0 Å². The Kier molecular flexibility index (Phi) is 4.49. The molecule has 3 aromatic rings. The number of amides is 2. The SMILES string of the molecule is CC(=O)Nc1ccc(NC(=O)C2CN(c3nc4ccc(F)cc4s3)C2)cc1. The first-order valence-electron chi connectivity index (χ1n) is 8.47. The molecule has 0 atom stereocenters. The average Bonchev–Trinajstić information content (AvgIpc) is 2.97. The standard InChI is InChI=1S/C19H17FN4O2S/c1-11(25)21-14-3-5-15(6-4-14)22-18(26)12-9-24(10-12)19-23-16-7-2-13(20)8-17(16)27-19/h2-8,12H,9-10H2,1H3,(H,21,25)(H,22,26). The second-order valence-electron chi connectivity index (χ2n) is 6.46. The van der Waals surface area contributed by atoms with Crippen LogP contribution in [0.2, 0.25) is 0 Å². The van der Waals surface area contributed by atoms with E-state index in [1.54, 1.807) is 30.3 Å². The van der Waals surface area contributed by atoms with Gasteiger partial charge in [-0.2, -0.15) is 0 Å². The molecule has 1 saturated heterocycles. The van der Waals surface area contributed by atoms with Crippen LogP contribution in [0.25, 0.3) is 10.2 Å². The topological polar surface area (TPSA) is 74.3 Å². The molecule has 138 valence electrons. The number of fused-ring (bicyclic) bond motifs is 1. The molecule has 0 radical (unpaired) electrons. The molecule has 8 heteroatoms. The van der Waals surface area contributed by atoms with E-state index in [1.807, 2.05) is 4.90 Å². The number of hydrogen-bond acceptors (Lipinski definition) is 5. The summed E-state index contributed by atoms with van der Waals surface area (Å²) in [6.07, 6.45) is 0. The highest BCUT2D eigenvalue weighted by Gasteiger charge is 2.34. The number of carbonyl (C=O) groups excluding carboxylic acids is 2. The monoisotopic (exact) mass is 384 g/mol. The fourth-order valence-corrected chi connectivity index (χ4v) is 3.92. The van der Waals surface area contributed by atoms with Crippen LogP contribution in [0.1, 0.15) is 6.92 Å². The molecule has 27 heavy (non-hydrogen) atoms.